The zero-order valence-corrected chi connectivity index (χ0v) is 24.8. The van der Waals surface area contributed by atoms with E-state index >= 15 is 0 Å². The van der Waals surface area contributed by atoms with Crippen LogP contribution in [0.15, 0.2) is 35.4 Å². The average molecular weight is 580 g/mol. The molecule has 2 fully saturated rings. The Morgan fingerprint density at radius 2 is 1.44 bits per heavy atom. The van der Waals surface area contributed by atoms with Crippen LogP contribution < -0.4 is 29.4 Å². The second-order valence-electron chi connectivity index (χ2n) is 10.3. The van der Waals surface area contributed by atoms with Crippen molar-refractivity contribution in [3.8, 4) is 17.2 Å². The monoisotopic (exact) mass is 579 g/mol. The van der Waals surface area contributed by atoms with Crippen LogP contribution in [0.2, 0.25) is 5.02 Å². The van der Waals surface area contributed by atoms with E-state index in [1.165, 1.54) is 0 Å². The van der Waals surface area contributed by atoms with Crippen LogP contribution in [0.3, 0.4) is 0 Å². The summed E-state index contributed by atoms with van der Waals surface area (Å²) in [6.07, 6.45) is 6.25. The second-order valence-corrected chi connectivity index (χ2v) is 10.7. The molecule has 0 bridgehead atoms. The maximum atomic E-state index is 6.62. The number of hydrogen-bond donors (Lipinski definition) is 1. The lowest BCUT2D eigenvalue weighted by atomic mass is 10.1. The van der Waals surface area contributed by atoms with Crippen LogP contribution >= 0.6 is 11.6 Å². The number of aromatic nitrogens is 3. The van der Waals surface area contributed by atoms with E-state index in [9.17, 15) is 0 Å². The molecule has 218 valence electrons. The average Bonchev–Trinajstić information content (AvgIpc) is 3.67. The van der Waals surface area contributed by atoms with Gasteiger partial charge in [0.25, 0.3) is 0 Å². The van der Waals surface area contributed by atoms with Crippen molar-refractivity contribution in [2.45, 2.75) is 46.5 Å². The van der Waals surface area contributed by atoms with Gasteiger partial charge in [0, 0.05) is 26.2 Å². The summed E-state index contributed by atoms with van der Waals surface area (Å²) >= 11 is 6.62. The van der Waals surface area contributed by atoms with Crippen molar-refractivity contribution >= 4 is 35.7 Å². The van der Waals surface area contributed by atoms with Crippen LogP contribution in [0.25, 0.3) is 0 Å². The summed E-state index contributed by atoms with van der Waals surface area (Å²) in [6, 6.07) is 9.75. The number of nitrogens with zero attached hydrogens (tertiary/aromatic N) is 6. The molecule has 0 radical (unpaired) electrons. The molecular formula is C30H38ClN7O3. The van der Waals surface area contributed by atoms with E-state index in [1.54, 1.807) is 12.3 Å². The van der Waals surface area contributed by atoms with Crippen molar-refractivity contribution < 1.29 is 14.2 Å². The fourth-order valence-corrected chi connectivity index (χ4v) is 5.34. The fraction of sp³-hybridized carbons (Fsp3) is 0.467. The zero-order chi connectivity index (χ0) is 28.6. The first-order chi connectivity index (χ1) is 20.0. The van der Waals surface area contributed by atoms with Gasteiger partial charge in [-0.1, -0.05) is 17.7 Å². The number of hydrogen-bond acceptors (Lipinski definition) is 10. The molecule has 0 amide bonds. The van der Waals surface area contributed by atoms with Crippen molar-refractivity contribution in [3.05, 3.63) is 52.0 Å². The SMILES string of the molecule is CCOc1cc(/C=N\Nc2nc(N3CCCC3)nc(N3CCCC3)n2)cc(Cl)c1OCCOc1cc(C)cc(C)c1. The quantitative estimate of drug-likeness (QED) is 0.166. The number of halogens is 1. The van der Waals surface area contributed by atoms with Gasteiger partial charge < -0.3 is 24.0 Å². The maximum absolute atomic E-state index is 6.62. The third-order valence-corrected chi connectivity index (χ3v) is 7.17. The first kappa shape index (κ1) is 28.7. The Morgan fingerprint density at radius 1 is 0.829 bits per heavy atom. The molecule has 11 heteroatoms. The summed E-state index contributed by atoms with van der Waals surface area (Å²) in [5.74, 6) is 3.65. The predicted octanol–water partition coefficient (Wildman–Crippen LogP) is 5.64. The number of ether oxygens (including phenoxy) is 3. The van der Waals surface area contributed by atoms with Gasteiger partial charge in [-0.2, -0.15) is 20.1 Å². The van der Waals surface area contributed by atoms with Gasteiger partial charge in [0.15, 0.2) is 11.5 Å². The Kier molecular flexibility index (Phi) is 9.61. The predicted molar refractivity (Wildman–Crippen MR) is 163 cm³/mol. The normalized spacial score (nSPS) is 15.1. The molecule has 2 saturated heterocycles. The van der Waals surface area contributed by atoms with E-state index < -0.39 is 0 Å². The summed E-state index contributed by atoms with van der Waals surface area (Å²) in [7, 11) is 0. The topological polar surface area (TPSA) is 97.2 Å². The molecule has 0 aliphatic carbocycles. The summed E-state index contributed by atoms with van der Waals surface area (Å²) < 4.78 is 17.7. The highest BCUT2D eigenvalue weighted by molar-refractivity contribution is 6.32. The van der Waals surface area contributed by atoms with E-state index in [4.69, 9.17) is 30.8 Å². The third kappa shape index (κ3) is 7.70. The zero-order valence-electron chi connectivity index (χ0n) is 24.0. The molecule has 0 unspecified atom stereocenters. The molecule has 0 spiro atoms. The third-order valence-electron chi connectivity index (χ3n) is 6.89. The van der Waals surface area contributed by atoms with Crippen molar-refractivity contribution in [1.29, 1.82) is 0 Å². The summed E-state index contributed by atoms with van der Waals surface area (Å²) in [5.41, 5.74) is 6.06. The lowest BCUT2D eigenvalue weighted by molar-refractivity contribution is 0.208. The number of nitrogens with one attached hydrogen (secondary N) is 1. The molecule has 2 aromatic carbocycles. The van der Waals surface area contributed by atoms with E-state index in [2.05, 4.69) is 36.4 Å². The number of rotatable bonds is 12. The van der Waals surface area contributed by atoms with Gasteiger partial charge in [0.2, 0.25) is 17.8 Å². The van der Waals surface area contributed by atoms with Crippen molar-refractivity contribution in [2.75, 3.05) is 61.2 Å². The number of anilines is 3. The highest BCUT2D eigenvalue weighted by Crippen LogP contribution is 2.36. The van der Waals surface area contributed by atoms with Gasteiger partial charge in [0.05, 0.1) is 17.8 Å². The Morgan fingerprint density at radius 3 is 2.05 bits per heavy atom. The molecule has 3 aromatic rings. The molecule has 0 atom stereocenters. The Balaban J connectivity index is 1.25. The molecule has 2 aliphatic rings. The van der Waals surface area contributed by atoms with E-state index in [-0.39, 0.29) is 0 Å². The molecule has 1 aromatic heterocycles. The molecule has 3 heterocycles. The van der Waals surface area contributed by atoms with Gasteiger partial charge in [-0.15, -0.1) is 0 Å². The van der Waals surface area contributed by atoms with Gasteiger partial charge in [-0.05, 0) is 87.4 Å². The minimum atomic E-state index is 0.319. The molecular weight excluding hydrogens is 542 g/mol. The van der Waals surface area contributed by atoms with Gasteiger partial charge in [0.1, 0.15) is 19.0 Å². The van der Waals surface area contributed by atoms with Gasteiger partial charge in [-0.25, -0.2) is 5.43 Å². The van der Waals surface area contributed by atoms with Gasteiger partial charge in [-0.3, -0.25) is 0 Å². The minimum absolute atomic E-state index is 0.319. The first-order valence-corrected chi connectivity index (χ1v) is 14.7. The van der Waals surface area contributed by atoms with E-state index in [1.807, 2.05) is 39.0 Å². The van der Waals surface area contributed by atoms with Crippen LogP contribution in [-0.2, 0) is 0 Å². The summed E-state index contributed by atoms with van der Waals surface area (Å²) in [6.45, 7) is 11.0. The maximum Gasteiger partial charge on any atom is 0.250 e. The smallest absolute Gasteiger partial charge is 0.250 e. The molecule has 1 N–H and O–H groups in total. The standard InChI is InChI=1S/C30H38ClN7O3/c1-4-39-26-19-23(18-25(31)27(26)41-14-13-40-24-16-21(2)15-22(3)17-24)20-32-36-28-33-29(37-9-5-6-10-37)35-30(34-28)38-11-7-8-12-38/h15-20H,4-14H2,1-3H3,(H,33,34,35,36)/b32-20-. The van der Waals surface area contributed by atoms with Crippen LogP contribution in [0, 0.1) is 13.8 Å². The second kappa shape index (κ2) is 13.7. The molecule has 0 saturated carbocycles. The highest BCUT2D eigenvalue weighted by atomic mass is 35.5. The Bertz CT molecular complexity index is 1300. The lowest BCUT2D eigenvalue weighted by Gasteiger charge is -2.20. The van der Waals surface area contributed by atoms with E-state index in [0.717, 1.165) is 74.3 Å². The Labute approximate surface area is 246 Å². The largest absolute Gasteiger partial charge is 0.490 e. The fourth-order valence-electron chi connectivity index (χ4n) is 5.07. The highest BCUT2D eigenvalue weighted by Gasteiger charge is 2.21. The first-order valence-electron chi connectivity index (χ1n) is 14.3. The van der Waals surface area contributed by atoms with Crippen molar-refractivity contribution in [3.63, 3.8) is 0 Å². The number of benzene rings is 2. The lowest BCUT2D eigenvalue weighted by Crippen LogP contribution is -2.25. The number of hydrazone groups is 1. The van der Waals surface area contributed by atoms with Crippen LogP contribution in [0.4, 0.5) is 17.8 Å². The van der Waals surface area contributed by atoms with Crippen LogP contribution in [0.5, 0.6) is 17.2 Å². The van der Waals surface area contributed by atoms with Crippen molar-refractivity contribution in [1.82, 2.24) is 15.0 Å². The molecule has 5 rings (SSSR count). The van der Waals surface area contributed by atoms with Crippen LogP contribution in [-0.4, -0.2) is 67.2 Å². The molecule has 10 nitrogen and oxygen atoms in total. The van der Waals surface area contributed by atoms with Crippen molar-refractivity contribution in [2.24, 2.45) is 5.10 Å². The summed E-state index contributed by atoms with van der Waals surface area (Å²) in [4.78, 5) is 18.4. The molecule has 2 aliphatic heterocycles. The van der Waals surface area contributed by atoms with Crippen LogP contribution in [0.1, 0.15) is 49.3 Å². The summed E-state index contributed by atoms with van der Waals surface area (Å²) in [5, 5.41) is 4.83. The molecule has 41 heavy (non-hydrogen) atoms. The Hall–Kier alpha value is -3.79. The van der Waals surface area contributed by atoms with E-state index in [0.29, 0.717) is 54.2 Å². The minimum Gasteiger partial charge on any atom is -0.490 e. The van der Waals surface area contributed by atoms with Gasteiger partial charge >= 0.3 is 0 Å². The number of aryl methyl sites for hydroxylation is 2.